The summed E-state index contributed by atoms with van der Waals surface area (Å²) < 4.78 is -0.348. The number of hydrogen-bond donors (Lipinski definition) is 0. The minimum Gasteiger partial charge on any atom is -0.316 e. The van der Waals surface area contributed by atoms with Crippen LogP contribution in [0.15, 0.2) is 9.52 Å². The van der Waals surface area contributed by atoms with Crippen LogP contribution >= 0.6 is 34.8 Å². The zero-order valence-electron chi connectivity index (χ0n) is 4.81. The van der Waals surface area contributed by atoms with Crippen LogP contribution in [0.25, 0.3) is 0 Å². The second kappa shape index (κ2) is 2.89. The molecule has 1 rings (SSSR count). The van der Waals surface area contributed by atoms with E-state index >= 15 is 0 Å². The highest BCUT2D eigenvalue weighted by Gasteiger charge is 2.37. The Balaban J connectivity index is 3.03. The highest BCUT2D eigenvalue weighted by Crippen LogP contribution is 2.22. The summed E-state index contributed by atoms with van der Waals surface area (Å²) in [6, 6.07) is 0. The molecule has 0 N–H and O–H groups in total. The fourth-order valence-corrected chi connectivity index (χ4v) is 0.784. The van der Waals surface area contributed by atoms with E-state index in [1.54, 1.807) is 0 Å². The van der Waals surface area contributed by atoms with Crippen molar-refractivity contribution < 1.29 is 14.5 Å². The molecule has 4 nitrogen and oxygen atoms in total. The second-order valence-electron chi connectivity index (χ2n) is 1.56. The third kappa shape index (κ3) is 1.42. The molecule has 0 bridgehead atoms. The van der Waals surface area contributed by atoms with E-state index in [1.807, 2.05) is 0 Å². The summed E-state index contributed by atoms with van der Waals surface area (Å²) in [5.74, 6) is -0.844. The van der Waals surface area contributed by atoms with Gasteiger partial charge in [0.15, 0.2) is 5.03 Å². The van der Waals surface area contributed by atoms with E-state index < -0.39 is 5.97 Å². The molecule has 0 radical (unpaired) electrons. The standard InChI is InChI=1S/C4Cl3NO3/c5-1(3(6)7)2-4(9)11-8(2)10. The number of carbonyl (C=O) groups excluding carboxylic acids is 1. The Hall–Kier alpha value is -0.450. The van der Waals surface area contributed by atoms with Gasteiger partial charge in [0, 0.05) is 0 Å². The van der Waals surface area contributed by atoms with Crippen molar-refractivity contribution in [1.29, 1.82) is 0 Å². The van der Waals surface area contributed by atoms with Crippen LogP contribution in [0.5, 0.6) is 0 Å². The lowest BCUT2D eigenvalue weighted by Crippen LogP contribution is -2.39. The van der Waals surface area contributed by atoms with Gasteiger partial charge in [0.05, 0.1) is 4.90 Å². The minimum absolute atomic E-state index is 0.0601. The van der Waals surface area contributed by atoms with Crippen molar-refractivity contribution in [3.8, 4) is 0 Å². The molecule has 60 valence electrons. The lowest BCUT2D eigenvalue weighted by molar-refractivity contribution is -0.731. The maximum atomic E-state index is 10.5. The molecular weight excluding hydrogens is 216 g/mol. The predicted molar refractivity (Wildman–Crippen MR) is 39.3 cm³/mol. The van der Waals surface area contributed by atoms with E-state index in [0.29, 0.717) is 0 Å². The fraction of sp³-hybridized carbons (Fsp3) is 0. The van der Waals surface area contributed by atoms with Gasteiger partial charge in [-0.2, -0.15) is 0 Å². The maximum Gasteiger partial charge on any atom is 0.358 e. The largest absolute Gasteiger partial charge is 0.358 e. The van der Waals surface area contributed by atoms with Gasteiger partial charge >= 0.3 is 11.7 Å². The number of rotatable bonds is 1. The highest BCUT2D eigenvalue weighted by atomic mass is 35.5. The molecule has 0 saturated heterocycles. The summed E-state index contributed by atoms with van der Waals surface area (Å²) in [5, 5.41) is 10.1. The summed E-state index contributed by atoms with van der Waals surface area (Å²) >= 11 is 15.7. The quantitative estimate of drug-likeness (QED) is 0.490. The zero-order valence-corrected chi connectivity index (χ0v) is 7.07. The van der Waals surface area contributed by atoms with Crippen LogP contribution in [0.3, 0.4) is 0 Å². The molecule has 11 heavy (non-hydrogen) atoms. The first kappa shape index (κ1) is 8.64. The zero-order chi connectivity index (χ0) is 8.59. The second-order valence-corrected chi connectivity index (χ2v) is 2.89. The van der Waals surface area contributed by atoms with Crippen LogP contribution in [0.2, 0.25) is 0 Å². The third-order valence-corrected chi connectivity index (χ3v) is 1.85. The molecule has 0 aromatic carbocycles. The van der Waals surface area contributed by atoms with E-state index in [9.17, 15) is 10.0 Å². The summed E-state index contributed by atoms with van der Waals surface area (Å²) in [5.41, 5.74) is -0.383. The van der Waals surface area contributed by atoms with Crippen LogP contribution in [0, 0.1) is 5.21 Å². The Morgan fingerprint density at radius 3 is 2.18 bits per heavy atom. The Morgan fingerprint density at radius 1 is 1.45 bits per heavy atom. The van der Waals surface area contributed by atoms with E-state index in [0.717, 1.165) is 0 Å². The molecule has 0 aliphatic carbocycles. The van der Waals surface area contributed by atoms with Gasteiger partial charge in [-0.05, 0) is 0 Å². The molecule has 0 unspecified atom stereocenters. The van der Waals surface area contributed by atoms with Gasteiger partial charge in [-0.25, -0.2) is 0 Å². The van der Waals surface area contributed by atoms with Gasteiger partial charge in [0.25, 0.3) is 0 Å². The maximum absolute atomic E-state index is 10.5. The summed E-state index contributed by atoms with van der Waals surface area (Å²) in [4.78, 5) is 14.3. The molecule has 1 aliphatic heterocycles. The van der Waals surface area contributed by atoms with Gasteiger partial charge < -0.3 is 4.84 Å². The Kier molecular flexibility index (Phi) is 2.27. The van der Waals surface area contributed by atoms with Crippen LogP contribution in [0.1, 0.15) is 0 Å². The molecule has 0 aromatic heterocycles. The highest BCUT2D eigenvalue weighted by molar-refractivity contribution is 6.67. The van der Waals surface area contributed by atoms with Crippen molar-refractivity contribution >= 4 is 46.5 Å². The van der Waals surface area contributed by atoms with Crippen molar-refractivity contribution in [3.63, 3.8) is 0 Å². The predicted octanol–water partition coefficient (Wildman–Crippen LogP) is 1.30. The van der Waals surface area contributed by atoms with Gasteiger partial charge in [-0.3, -0.25) is 10.0 Å². The summed E-state index contributed by atoms with van der Waals surface area (Å²) in [6.45, 7) is 0. The van der Waals surface area contributed by atoms with Gasteiger partial charge in [0.1, 0.15) is 4.49 Å². The molecule has 0 aromatic rings. The molecule has 0 amide bonds. The lowest BCUT2D eigenvalue weighted by Gasteiger charge is -2.13. The normalized spacial score (nSPS) is 15.7. The molecule has 0 fully saturated rings. The Morgan fingerprint density at radius 2 is 2.00 bits per heavy atom. The third-order valence-electron chi connectivity index (χ3n) is 0.916. The van der Waals surface area contributed by atoms with Gasteiger partial charge in [-0.15, -0.1) is 0 Å². The molecule has 0 saturated carbocycles. The van der Waals surface area contributed by atoms with Crippen molar-refractivity contribution in [2.75, 3.05) is 0 Å². The van der Waals surface area contributed by atoms with Crippen molar-refractivity contribution in [2.45, 2.75) is 0 Å². The average molecular weight is 216 g/mol. The summed E-state index contributed by atoms with van der Waals surface area (Å²) in [7, 11) is 0. The van der Waals surface area contributed by atoms with E-state index in [2.05, 4.69) is 4.84 Å². The van der Waals surface area contributed by atoms with Crippen LogP contribution < -0.4 is 0 Å². The Labute approximate surface area is 76.1 Å². The lowest BCUT2D eigenvalue weighted by atomic mass is 10.3. The monoisotopic (exact) mass is 215 g/mol. The fourth-order valence-electron chi connectivity index (χ4n) is 0.459. The SMILES string of the molecule is O=C1O[N+]([O-])=C1C(Cl)=C(Cl)Cl. The van der Waals surface area contributed by atoms with E-state index in [4.69, 9.17) is 34.8 Å². The molecule has 1 aliphatic rings. The summed E-state index contributed by atoms with van der Waals surface area (Å²) in [6.07, 6.45) is 0. The number of carbonyl (C=O) groups is 1. The number of nitrogens with zero attached hydrogens (tertiary/aromatic N) is 1. The van der Waals surface area contributed by atoms with Crippen LogP contribution in [-0.4, -0.2) is 16.6 Å². The molecule has 1 heterocycles. The van der Waals surface area contributed by atoms with E-state index in [1.165, 1.54) is 0 Å². The first-order valence-corrected chi connectivity index (χ1v) is 3.45. The van der Waals surface area contributed by atoms with Crippen molar-refractivity contribution in [1.82, 2.24) is 0 Å². The van der Waals surface area contributed by atoms with Gasteiger partial charge in [-0.1, -0.05) is 34.8 Å². The first-order valence-electron chi connectivity index (χ1n) is 2.31. The average Bonchev–Trinajstić information content (AvgIpc) is 1.86. The molecule has 0 atom stereocenters. The van der Waals surface area contributed by atoms with Gasteiger partial charge in [0.2, 0.25) is 0 Å². The topological polar surface area (TPSA) is 52.4 Å². The van der Waals surface area contributed by atoms with Crippen LogP contribution in [-0.2, 0) is 9.63 Å². The first-order chi connectivity index (χ1) is 5.04. The Bertz CT molecular complexity index is 278. The van der Waals surface area contributed by atoms with Crippen LogP contribution in [0.4, 0.5) is 0 Å². The molecular formula is C4Cl3NO3. The van der Waals surface area contributed by atoms with Crippen molar-refractivity contribution in [3.05, 3.63) is 14.7 Å². The number of hydrogen-bond acceptors (Lipinski definition) is 3. The molecule has 0 spiro atoms. The van der Waals surface area contributed by atoms with Crippen molar-refractivity contribution in [2.24, 2.45) is 0 Å². The minimum atomic E-state index is -0.844. The molecule has 7 heteroatoms. The smallest absolute Gasteiger partial charge is 0.316 e. The number of halogens is 3. The van der Waals surface area contributed by atoms with E-state index in [-0.39, 0.29) is 20.1 Å².